The number of halogens is 2. The molecule has 0 saturated carbocycles. The minimum Gasteiger partial charge on any atom is -0.398 e. The quantitative estimate of drug-likeness (QED) is 0.651. The van der Waals surface area contributed by atoms with Crippen molar-refractivity contribution in [3.05, 3.63) is 62.5 Å². The molecule has 0 heterocycles. The molecule has 0 aromatic heterocycles. The molecule has 2 rings (SSSR count). The van der Waals surface area contributed by atoms with Crippen LogP contribution in [0.5, 0.6) is 0 Å². The van der Waals surface area contributed by atoms with Crippen LogP contribution in [0.2, 0.25) is 0 Å². The summed E-state index contributed by atoms with van der Waals surface area (Å²) in [6.45, 7) is 0. The van der Waals surface area contributed by atoms with E-state index in [1.54, 1.807) is 12.1 Å². The smallest absolute Gasteiger partial charge is 0.169 e. The van der Waals surface area contributed by atoms with Crippen molar-refractivity contribution in [3.63, 3.8) is 0 Å². The topological polar surface area (TPSA) is 43.1 Å². The first-order valence-corrected chi connectivity index (χ1v) is 6.97. The second-order valence-corrected chi connectivity index (χ2v) is 5.79. The summed E-state index contributed by atoms with van der Waals surface area (Å²) in [4.78, 5) is 12.2. The van der Waals surface area contributed by atoms with Gasteiger partial charge in [-0.15, -0.1) is 0 Å². The highest BCUT2D eigenvalue weighted by Gasteiger charge is 2.11. The van der Waals surface area contributed by atoms with Crippen LogP contribution >= 0.6 is 31.9 Å². The summed E-state index contributed by atoms with van der Waals surface area (Å²) in [5.74, 6) is 0.0203. The maximum atomic E-state index is 12.2. The largest absolute Gasteiger partial charge is 0.398 e. The monoisotopic (exact) mass is 367 g/mol. The number of ketones is 1. The molecule has 0 amide bonds. The number of anilines is 1. The van der Waals surface area contributed by atoms with Crippen LogP contribution < -0.4 is 5.73 Å². The molecule has 0 spiro atoms. The minimum atomic E-state index is 0.0203. The molecule has 0 radical (unpaired) electrons. The molecule has 0 saturated heterocycles. The number of Topliss-reactive ketones (excluding diaryl/α,β-unsaturated/α-hetero) is 1. The fourth-order valence-electron chi connectivity index (χ4n) is 1.70. The van der Waals surface area contributed by atoms with Crippen LogP contribution in [0, 0.1) is 0 Å². The molecule has 0 fully saturated rings. The zero-order chi connectivity index (χ0) is 13.1. The number of carbonyl (C=O) groups is 1. The first kappa shape index (κ1) is 13.3. The van der Waals surface area contributed by atoms with E-state index in [4.69, 9.17) is 5.73 Å². The van der Waals surface area contributed by atoms with E-state index in [0.29, 0.717) is 17.7 Å². The summed E-state index contributed by atoms with van der Waals surface area (Å²) in [5, 5.41) is 0. The lowest BCUT2D eigenvalue weighted by atomic mass is 10.0. The average molecular weight is 369 g/mol. The van der Waals surface area contributed by atoms with Crippen molar-refractivity contribution < 1.29 is 4.79 Å². The van der Waals surface area contributed by atoms with Crippen molar-refractivity contribution in [3.8, 4) is 0 Å². The third-order valence-corrected chi connectivity index (χ3v) is 3.56. The highest BCUT2D eigenvalue weighted by molar-refractivity contribution is 9.10. The molecule has 0 aliphatic heterocycles. The van der Waals surface area contributed by atoms with Gasteiger partial charge in [0.15, 0.2) is 5.78 Å². The van der Waals surface area contributed by atoms with E-state index in [0.717, 1.165) is 14.5 Å². The van der Waals surface area contributed by atoms with Gasteiger partial charge in [-0.05, 0) is 35.9 Å². The zero-order valence-electron chi connectivity index (χ0n) is 9.49. The van der Waals surface area contributed by atoms with Crippen molar-refractivity contribution in [2.75, 3.05) is 5.73 Å². The number of hydrogen-bond acceptors (Lipinski definition) is 2. The van der Waals surface area contributed by atoms with Crippen LogP contribution in [-0.2, 0) is 6.42 Å². The van der Waals surface area contributed by atoms with Crippen molar-refractivity contribution in [2.45, 2.75) is 6.42 Å². The maximum Gasteiger partial charge on any atom is 0.169 e. The summed E-state index contributed by atoms with van der Waals surface area (Å²) in [6, 6.07) is 13.0. The van der Waals surface area contributed by atoms with Gasteiger partial charge in [-0.3, -0.25) is 4.79 Å². The standard InChI is InChI=1S/C14H11Br2NO/c15-10-3-1-2-9(6-10)7-14(18)12-8-11(16)4-5-13(12)17/h1-6,8H,7,17H2. The predicted molar refractivity (Wildman–Crippen MR) is 80.7 cm³/mol. The van der Waals surface area contributed by atoms with Crippen LogP contribution in [0.1, 0.15) is 15.9 Å². The first-order chi connectivity index (χ1) is 8.56. The lowest BCUT2D eigenvalue weighted by molar-refractivity contribution is 0.0994. The Morgan fingerprint density at radius 1 is 1.06 bits per heavy atom. The van der Waals surface area contributed by atoms with Gasteiger partial charge in [0.1, 0.15) is 0 Å². The lowest BCUT2D eigenvalue weighted by Crippen LogP contribution is -2.07. The molecular weight excluding hydrogens is 358 g/mol. The highest BCUT2D eigenvalue weighted by Crippen LogP contribution is 2.21. The van der Waals surface area contributed by atoms with E-state index >= 15 is 0 Å². The van der Waals surface area contributed by atoms with Crippen LogP contribution in [0.3, 0.4) is 0 Å². The Kier molecular flexibility index (Phi) is 4.19. The third kappa shape index (κ3) is 3.21. The van der Waals surface area contributed by atoms with Gasteiger partial charge >= 0.3 is 0 Å². The number of benzene rings is 2. The van der Waals surface area contributed by atoms with Gasteiger partial charge in [0.25, 0.3) is 0 Å². The van der Waals surface area contributed by atoms with Gasteiger partial charge < -0.3 is 5.73 Å². The number of carbonyl (C=O) groups excluding carboxylic acids is 1. The Balaban J connectivity index is 2.24. The van der Waals surface area contributed by atoms with Gasteiger partial charge in [-0.1, -0.05) is 44.0 Å². The fraction of sp³-hybridized carbons (Fsp3) is 0.0714. The zero-order valence-corrected chi connectivity index (χ0v) is 12.7. The van der Waals surface area contributed by atoms with E-state index in [9.17, 15) is 4.79 Å². The summed E-state index contributed by atoms with van der Waals surface area (Å²) >= 11 is 6.74. The molecule has 0 unspecified atom stereocenters. The molecule has 2 nitrogen and oxygen atoms in total. The molecule has 0 aliphatic rings. The Hall–Kier alpha value is -1.13. The van der Waals surface area contributed by atoms with Gasteiger partial charge in [0.2, 0.25) is 0 Å². The molecule has 2 aromatic carbocycles. The predicted octanol–water partition coefficient (Wildman–Crippen LogP) is 4.22. The van der Waals surface area contributed by atoms with E-state index in [1.807, 2.05) is 30.3 Å². The molecule has 18 heavy (non-hydrogen) atoms. The van der Waals surface area contributed by atoms with Crippen molar-refractivity contribution in [2.24, 2.45) is 0 Å². The third-order valence-electron chi connectivity index (χ3n) is 2.57. The average Bonchev–Trinajstić information content (AvgIpc) is 2.32. The molecular formula is C14H11Br2NO. The Morgan fingerprint density at radius 2 is 1.78 bits per heavy atom. The second-order valence-electron chi connectivity index (χ2n) is 3.96. The van der Waals surface area contributed by atoms with Crippen LogP contribution in [0.25, 0.3) is 0 Å². The molecule has 2 N–H and O–H groups in total. The van der Waals surface area contributed by atoms with Crippen LogP contribution in [0.15, 0.2) is 51.4 Å². The van der Waals surface area contributed by atoms with Gasteiger partial charge in [0.05, 0.1) is 0 Å². The molecule has 2 aromatic rings. The molecule has 4 heteroatoms. The normalized spacial score (nSPS) is 10.3. The Labute approximate surface area is 122 Å². The molecule has 0 bridgehead atoms. The SMILES string of the molecule is Nc1ccc(Br)cc1C(=O)Cc1cccc(Br)c1. The Morgan fingerprint density at radius 3 is 2.50 bits per heavy atom. The molecule has 0 aliphatic carbocycles. The van der Waals surface area contributed by atoms with E-state index < -0.39 is 0 Å². The van der Waals surface area contributed by atoms with Gasteiger partial charge in [-0.25, -0.2) is 0 Å². The number of rotatable bonds is 3. The fourth-order valence-corrected chi connectivity index (χ4v) is 2.51. The van der Waals surface area contributed by atoms with Gasteiger partial charge in [0, 0.05) is 26.6 Å². The summed E-state index contributed by atoms with van der Waals surface area (Å²) in [6.07, 6.45) is 0.347. The number of nitrogens with two attached hydrogens (primary N) is 1. The first-order valence-electron chi connectivity index (χ1n) is 5.39. The molecule has 0 atom stereocenters. The maximum absolute atomic E-state index is 12.2. The van der Waals surface area contributed by atoms with Crippen LogP contribution in [-0.4, -0.2) is 5.78 Å². The van der Waals surface area contributed by atoms with Crippen molar-refractivity contribution >= 4 is 43.3 Å². The minimum absolute atomic E-state index is 0.0203. The second kappa shape index (κ2) is 5.67. The van der Waals surface area contributed by atoms with Crippen molar-refractivity contribution in [1.82, 2.24) is 0 Å². The summed E-state index contributed by atoms with van der Waals surface area (Å²) in [5.41, 5.74) is 7.86. The summed E-state index contributed by atoms with van der Waals surface area (Å²) < 4.78 is 1.82. The summed E-state index contributed by atoms with van der Waals surface area (Å²) in [7, 11) is 0. The number of hydrogen-bond donors (Lipinski definition) is 1. The molecule has 92 valence electrons. The van der Waals surface area contributed by atoms with E-state index in [1.165, 1.54) is 0 Å². The lowest BCUT2D eigenvalue weighted by Gasteiger charge is -2.06. The van der Waals surface area contributed by atoms with Crippen LogP contribution in [0.4, 0.5) is 5.69 Å². The van der Waals surface area contributed by atoms with E-state index in [2.05, 4.69) is 31.9 Å². The van der Waals surface area contributed by atoms with Crippen molar-refractivity contribution in [1.29, 1.82) is 0 Å². The highest BCUT2D eigenvalue weighted by atomic mass is 79.9. The van der Waals surface area contributed by atoms with Gasteiger partial charge in [-0.2, -0.15) is 0 Å². The van der Waals surface area contributed by atoms with E-state index in [-0.39, 0.29) is 5.78 Å². The number of nitrogen functional groups attached to an aromatic ring is 1. The Bertz CT molecular complexity index is 596.